The number of carbonyl (C=O) groups is 4. The SMILES string of the molecule is O=C1CCC(=O)N1Cl.O=C1CCC(=O)N1Cl.[Cl-].c1ccc([P+](c2ccccc2)(c2ccccc2)c2ccccc2)cc1. The second-order valence-electron chi connectivity index (χ2n) is 9.15. The lowest BCUT2D eigenvalue weighted by atomic mass is 10.3. The van der Waals surface area contributed by atoms with Crippen LogP contribution in [0.1, 0.15) is 25.7 Å². The van der Waals surface area contributed by atoms with Crippen LogP contribution < -0.4 is 33.6 Å². The van der Waals surface area contributed by atoms with Gasteiger partial charge in [0.15, 0.2) is 0 Å². The van der Waals surface area contributed by atoms with Gasteiger partial charge in [-0.2, -0.15) is 8.84 Å². The molecule has 4 aromatic carbocycles. The Morgan fingerprint density at radius 2 is 0.595 bits per heavy atom. The van der Waals surface area contributed by atoms with Gasteiger partial charge >= 0.3 is 0 Å². The van der Waals surface area contributed by atoms with Crippen LogP contribution in [0.4, 0.5) is 0 Å². The van der Waals surface area contributed by atoms with E-state index in [2.05, 4.69) is 121 Å². The summed E-state index contributed by atoms with van der Waals surface area (Å²) in [6, 6.07) is 43.8. The third kappa shape index (κ3) is 7.45. The highest BCUT2D eigenvalue weighted by Gasteiger charge is 2.47. The lowest BCUT2D eigenvalue weighted by Gasteiger charge is -2.27. The van der Waals surface area contributed by atoms with Gasteiger partial charge in [0.2, 0.25) is 23.6 Å². The molecule has 0 unspecified atom stereocenters. The molecule has 2 fully saturated rings. The molecule has 2 saturated heterocycles. The third-order valence-corrected chi connectivity index (χ3v) is 11.6. The summed E-state index contributed by atoms with van der Waals surface area (Å²) in [5.41, 5.74) is 0. The summed E-state index contributed by atoms with van der Waals surface area (Å²) in [6.07, 6.45) is 1.06. The average Bonchev–Trinajstić information content (AvgIpc) is 3.49. The van der Waals surface area contributed by atoms with Gasteiger partial charge in [0.1, 0.15) is 28.5 Å². The summed E-state index contributed by atoms with van der Waals surface area (Å²) in [6.45, 7) is 0. The van der Waals surface area contributed by atoms with Gasteiger partial charge in [-0.1, -0.05) is 72.8 Å². The minimum atomic E-state index is -1.91. The zero-order valence-corrected chi connectivity index (χ0v) is 25.6. The minimum Gasteiger partial charge on any atom is -1.00 e. The van der Waals surface area contributed by atoms with E-state index in [1.54, 1.807) is 0 Å². The fourth-order valence-corrected chi connectivity index (χ4v) is 9.20. The number of imide groups is 2. The molecule has 0 aromatic heterocycles. The van der Waals surface area contributed by atoms with Gasteiger partial charge in [-0.15, -0.1) is 0 Å². The zero-order valence-electron chi connectivity index (χ0n) is 22.5. The highest BCUT2D eigenvalue weighted by Crippen LogP contribution is 2.53. The van der Waals surface area contributed by atoms with Crippen LogP contribution in [0.15, 0.2) is 121 Å². The Balaban J connectivity index is 0.000000233. The Kier molecular flexibility index (Phi) is 12.3. The molecule has 216 valence electrons. The van der Waals surface area contributed by atoms with E-state index in [-0.39, 0.29) is 61.7 Å². The van der Waals surface area contributed by atoms with Gasteiger partial charge in [-0.3, -0.25) is 19.2 Å². The molecule has 0 N–H and O–H groups in total. The maximum absolute atomic E-state index is 10.4. The van der Waals surface area contributed by atoms with Crippen molar-refractivity contribution in [3.63, 3.8) is 0 Å². The second-order valence-corrected chi connectivity index (χ2v) is 13.2. The van der Waals surface area contributed by atoms with Crippen LogP contribution in [-0.4, -0.2) is 32.5 Å². The minimum absolute atomic E-state index is 0. The number of rotatable bonds is 4. The molecule has 6 nitrogen and oxygen atoms in total. The predicted octanol–water partition coefficient (Wildman–Crippen LogP) is 1.89. The molecule has 0 spiro atoms. The molecule has 2 aliphatic rings. The predicted molar refractivity (Wildman–Crippen MR) is 165 cm³/mol. The Morgan fingerprint density at radius 3 is 0.738 bits per heavy atom. The van der Waals surface area contributed by atoms with Gasteiger partial charge in [0.05, 0.1) is 0 Å². The number of carbonyl (C=O) groups excluding carboxylic acids is 4. The molecule has 0 atom stereocenters. The summed E-state index contributed by atoms with van der Waals surface area (Å²) in [5, 5.41) is 5.55. The molecule has 0 radical (unpaired) electrons. The Bertz CT molecular complexity index is 1260. The maximum Gasteiger partial charge on any atom is 0.244 e. The van der Waals surface area contributed by atoms with Crippen molar-refractivity contribution in [1.82, 2.24) is 8.84 Å². The van der Waals surface area contributed by atoms with E-state index in [0.29, 0.717) is 8.84 Å². The maximum atomic E-state index is 10.4. The number of halogens is 3. The first-order valence-corrected chi connectivity index (χ1v) is 15.5. The summed E-state index contributed by atoms with van der Waals surface area (Å²) >= 11 is 10.3. The van der Waals surface area contributed by atoms with E-state index in [0.717, 1.165) is 0 Å². The normalized spacial score (nSPS) is 14.4. The fourth-order valence-electron chi connectivity index (χ4n) is 4.60. The van der Waals surface area contributed by atoms with Gasteiger partial charge in [-0.25, -0.2) is 0 Å². The third-order valence-electron chi connectivity index (χ3n) is 6.56. The Morgan fingerprint density at radius 1 is 0.405 bits per heavy atom. The van der Waals surface area contributed by atoms with Crippen molar-refractivity contribution >= 4 is 75.7 Å². The van der Waals surface area contributed by atoms with Crippen molar-refractivity contribution < 1.29 is 31.6 Å². The molecule has 2 heterocycles. The molecule has 6 rings (SSSR count). The first-order chi connectivity index (χ1) is 19.9. The first-order valence-electron chi connectivity index (χ1n) is 13.0. The number of nitrogens with zero attached hydrogens (tertiary/aromatic N) is 2. The van der Waals surface area contributed by atoms with Gasteiger partial charge < -0.3 is 12.4 Å². The smallest absolute Gasteiger partial charge is 0.244 e. The van der Waals surface area contributed by atoms with Crippen molar-refractivity contribution in [2.75, 3.05) is 0 Å². The lowest BCUT2D eigenvalue weighted by Crippen LogP contribution is -3.00. The molecule has 0 aliphatic carbocycles. The molecule has 10 heteroatoms. The van der Waals surface area contributed by atoms with E-state index in [9.17, 15) is 19.2 Å². The quantitative estimate of drug-likeness (QED) is 0.194. The standard InChI is InChI=1S/C24H20P.2C4H4ClNO2.ClH/c1-5-13-21(14-6-1)25(22-15-7-2-8-16-22,23-17-9-3-10-18-23)24-19-11-4-12-20-24;2*5-6-3(7)1-2-4(6)8;/h1-20H;2*1-2H2;1H/q+1;;;/p-1. The number of benzene rings is 4. The molecule has 0 saturated carbocycles. The number of hydrogen-bond donors (Lipinski definition) is 0. The Labute approximate surface area is 262 Å². The van der Waals surface area contributed by atoms with Gasteiger partial charge in [-0.05, 0) is 48.5 Å². The van der Waals surface area contributed by atoms with Crippen LogP contribution in [0.3, 0.4) is 0 Å². The van der Waals surface area contributed by atoms with E-state index in [4.69, 9.17) is 23.6 Å². The number of hydrogen-bond acceptors (Lipinski definition) is 4. The van der Waals surface area contributed by atoms with Crippen LogP contribution >= 0.6 is 30.8 Å². The number of amides is 4. The molecule has 42 heavy (non-hydrogen) atoms. The van der Waals surface area contributed by atoms with E-state index < -0.39 is 7.26 Å². The largest absolute Gasteiger partial charge is 1.00 e. The van der Waals surface area contributed by atoms with Gasteiger partial charge in [0, 0.05) is 49.2 Å². The zero-order chi connectivity index (χ0) is 29.2. The van der Waals surface area contributed by atoms with Crippen LogP contribution in [0.5, 0.6) is 0 Å². The van der Waals surface area contributed by atoms with Crippen molar-refractivity contribution in [3.05, 3.63) is 121 Å². The molecular weight excluding hydrogens is 614 g/mol. The topological polar surface area (TPSA) is 74.8 Å². The van der Waals surface area contributed by atoms with Crippen molar-refractivity contribution in [2.45, 2.75) is 25.7 Å². The molecule has 4 aromatic rings. The average molecular weight is 642 g/mol. The summed E-state index contributed by atoms with van der Waals surface area (Å²) < 4.78 is 1.28. The van der Waals surface area contributed by atoms with Crippen molar-refractivity contribution in [2.24, 2.45) is 0 Å². The van der Waals surface area contributed by atoms with Crippen LogP contribution in [-0.2, 0) is 19.2 Å². The van der Waals surface area contributed by atoms with E-state index in [1.165, 1.54) is 21.2 Å². The second kappa shape index (κ2) is 15.6. The summed E-state index contributed by atoms with van der Waals surface area (Å²) in [5.74, 6) is -1.18. The summed E-state index contributed by atoms with van der Waals surface area (Å²) in [7, 11) is -1.91. The van der Waals surface area contributed by atoms with Crippen LogP contribution in [0, 0.1) is 0 Å². The summed E-state index contributed by atoms with van der Waals surface area (Å²) in [4.78, 5) is 41.4. The monoisotopic (exact) mass is 640 g/mol. The van der Waals surface area contributed by atoms with Gasteiger partial charge in [0.25, 0.3) is 0 Å². The first kappa shape index (κ1) is 33.0. The van der Waals surface area contributed by atoms with Crippen molar-refractivity contribution in [3.8, 4) is 0 Å². The Hall–Kier alpha value is -3.54. The van der Waals surface area contributed by atoms with Crippen molar-refractivity contribution in [1.29, 1.82) is 0 Å². The molecule has 0 bridgehead atoms. The van der Waals surface area contributed by atoms with E-state index >= 15 is 0 Å². The van der Waals surface area contributed by atoms with E-state index in [1.807, 2.05) is 0 Å². The highest BCUT2D eigenvalue weighted by atomic mass is 35.5. The van der Waals surface area contributed by atoms with Crippen LogP contribution in [0.25, 0.3) is 0 Å². The molecule has 2 aliphatic heterocycles. The highest BCUT2D eigenvalue weighted by molar-refractivity contribution is 8.01. The van der Waals surface area contributed by atoms with Crippen LogP contribution in [0.2, 0.25) is 0 Å². The molecular formula is C32H28Cl3N2O4P. The lowest BCUT2D eigenvalue weighted by molar-refractivity contribution is -0.134. The molecule has 4 amide bonds. The fraction of sp³-hybridized carbons (Fsp3) is 0.125.